The lowest BCUT2D eigenvalue weighted by Crippen LogP contribution is -2.52. The Bertz CT molecular complexity index is 1650. The number of fused-ring (bicyclic) bond motifs is 2. The number of pyridine rings is 3. The lowest BCUT2D eigenvalue weighted by Gasteiger charge is -2.35. The van der Waals surface area contributed by atoms with E-state index in [-0.39, 0.29) is 35.8 Å². The number of aromatic nitrogens is 3. The third-order valence-electron chi connectivity index (χ3n) is 9.94. The number of nitrogens with zero attached hydrogens (tertiary/aromatic N) is 5. The van der Waals surface area contributed by atoms with Crippen molar-refractivity contribution < 1.29 is 17.9 Å². The Morgan fingerprint density at radius 3 is 2.82 bits per heavy atom. The van der Waals surface area contributed by atoms with E-state index in [9.17, 15) is 13.2 Å². The number of sulfonamides is 1. The molecule has 12 heteroatoms. The molecule has 0 aromatic carbocycles. The molecular formula is C32H41N7O4S. The summed E-state index contributed by atoms with van der Waals surface area (Å²) in [5, 5.41) is 7.64. The van der Waals surface area contributed by atoms with Crippen molar-refractivity contribution in [1.82, 2.24) is 29.9 Å². The number of anilines is 1. The first-order valence-electron chi connectivity index (χ1n) is 15.8. The maximum Gasteiger partial charge on any atom is 0.223 e. The molecular weight excluding hydrogens is 578 g/mol. The van der Waals surface area contributed by atoms with E-state index in [4.69, 9.17) is 14.7 Å². The molecule has 1 amide bonds. The van der Waals surface area contributed by atoms with Crippen LogP contribution < -0.4 is 15.5 Å². The minimum Gasteiger partial charge on any atom is -0.384 e. The zero-order chi connectivity index (χ0) is 30.3. The first-order valence-corrected chi connectivity index (χ1v) is 17.4. The van der Waals surface area contributed by atoms with Gasteiger partial charge in [-0.05, 0) is 74.8 Å². The Balaban J connectivity index is 1.01. The van der Waals surface area contributed by atoms with Gasteiger partial charge < -0.3 is 20.3 Å². The summed E-state index contributed by atoms with van der Waals surface area (Å²) in [6.45, 7) is 3.90. The number of hydrogen-bond donors (Lipinski definition) is 2. The van der Waals surface area contributed by atoms with Crippen LogP contribution >= 0.6 is 0 Å². The second-order valence-corrected chi connectivity index (χ2v) is 14.9. The normalized spacial score (nSPS) is 24.8. The third kappa shape index (κ3) is 6.04. The van der Waals surface area contributed by atoms with Gasteiger partial charge in [-0.15, -0.1) is 0 Å². The van der Waals surface area contributed by atoms with E-state index in [0.717, 1.165) is 72.7 Å². The summed E-state index contributed by atoms with van der Waals surface area (Å²) in [5.41, 5.74) is 3.44. The van der Waals surface area contributed by atoms with Crippen LogP contribution in [0.25, 0.3) is 22.3 Å². The van der Waals surface area contributed by atoms with Gasteiger partial charge in [-0.3, -0.25) is 9.78 Å². The average molecular weight is 620 g/mol. The molecule has 0 bridgehead atoms. The monoisotopic (exact) mass is 619 g/mol. The van der Waals surface area contributed by atoms with Gasteiger partial charge in [-0.2, -0.15) is 4.31 Å². The van der Waals surface area contributed by atoms with Crippen molar-refractivity contribution in [1.29, 1.82) is 0 Å². The van der Waals surface area contributed by atoms with Gasteiger partial charge in [0.1, 0.15) is 5.82 Å². The molecule has 2 aliphatic carbocycles. The van der Waals surface area contributed by atoms with Crippen LogP contribution in [0.1, 0.15) is 44.2 Å². The Hall–Kier alpha value is -3.19. The molecule has 1 spiro atoms. The molecule has 2 N–H and O–H groups in total. The molecule has 2 saturated heterocycles. The number of piperazine rings is 1. The number of carbonyl (C=O) groups excluding carboxylic acids is 1. The van der Waals surface area contributed by atoms with Gasteiger partial charge in [0.25, 0.3) is 0 Å². The molecule has 2 aliphatic heterocycles. The smallest absolute Gasteiger partial charge is 0.223 e. The summed E-state index contributed by atoms with van der Waals surface area (Å²) >= 11 is 0. The number of amides is 1. The number of nitrogens with one attached hydrogen (secondary N) is 2. The second kappa shape index (κ2) is 12.0. The molecule has 3 aromatic rings. The standard InChI is InChI=1S/C32H41N7O4S/c1-43-15-16-44(41,42)39-13-9-22-5-6-23(17-29(22)39)31(40)34-20-25-18-28-24(19-33-25)7-8-27(36-28)26-3-2-4-30(37-26)38-14-12-35-32(21-38)10-11-32/h2-4,7-8,18-19,22-23,29,35H,5-6,9-17,20-21H2,1H3,(H,34,40). The van der Waals surface area contributed by atoms with Crippen molar-refractivity contribution in [2.24, 2.45) is 11.8 Å². The topological polar surface area (TPSA) is 130 Å². The Morgan fingerprint density at radius 1 is 1.11 bits per heavy atom. The molecule has 5 heterocycles. The van der Waals surface area contributed by atoms with Crippen LogP contribution in [0, 0.1) is 11.8 Å². The number of hydrogen-bond acceptors (Lipinski definition) is 9. The average Bonchev–Trinajstić information content (AvgIpc) is 3.64. The van der Waals surface area contributed by atoms with Crippen LogP contribution in [0.2, 0.25) is 0 Å². The Kier molecular flexibility index (Phi) is 8.02. The lowest BCUT2D eigenvalue weighted by atomic mass is 9.78. The van der Waals surface area contributed by atoms with E-state index in [1.807, 2.05) is 30.3 Å². The zero-order valence-electron chi connectivity index (χ0n) is 25.2. The van der Waals surface area contributed by atoms with E-state index < -0.39 is 10.0 Å². The number of carbonyl (C=O) groups is 1. The summed E-state index contributed by atoms with van der Waals surface area (Å²) in [6, 6.07) is 11.9. The summed E-state index contributed by atoms with van der Waals surface area (Å²) < 4.78 is 32.4. The molecule has 2 saturated carbocycles. The lowest BCUT2D eigenvalue weighted by molar-refractivity contribution is -0.126. The van der Waals surface area contributed by atoms with Gasteiger partial charge in [0.15, 0.2) is 0 Å². The first kappa shape index (κ1) is 29.5. The van der Waals surface area contributed by atoms with E-state index in [1.54, 1.807) is 10.5 Å². The van der Waals surface area contributed by atoms with E-state index in [2.05, 4.69) is 26.6 Å². The van der Waals surface area contributed by atoms with Crippen LogP contribution in [0.5, 0.6) is 0 Å². The molecule has 234 valence electrons. The van der Waals surface area contributed by atoms with Crippen LogP contribution in [-0.4, -0.2) is 90.8 Å². The molecule has 11 nitrogen and oxygen atoms in total. The predicted molar refractivity (Wildman–Crippen MR) is 168 cm³/mol. The van der Waals surface area contributed by atoms with Crippen molar-refractivity contribution >= 4 is 32.7 Å². The highest BCUT2D eigenvalue weighted by molar-refractivity contribution is 7.89. The predicted octanol–water partition coefficient (Wildman–Crippen LogP) is 2.72. The third-order valence-corrected chi connectivity index (χ3v) is 11.8. The minimum atomic E-state index is -3.40. The van der Waals surface area contributed by atoms with Crippen molar-refractivity contribution in [3.63, 3.8) is 0 Å². The fourth-order valence-electron chi connectivity index (χ4n) is 7.25. The van der Waals surface area contributed by atoms with Crippen LogP contribution in [0.3, 0.4) is 0 Å². The van der Waals surface area contributed by atoms with Gasteiger partial charge in [0, 0.05) is 62.4 Å². The number of methoxy groups -OCH3 is 1. The maximum absolute atomic E-state index is 13.2. The molecule has 3 unspecified atom stereocenters. The minimum absolute atomic E-state index is 0.0226. The zero-order valence-corrected chi connectivity index (χ0v) is 26.1. The van der Waals surface area contributed by atoms with E-state index in [0.29, 0.717) is 25.4 Å². The van der Waals surface area contributed by atoms with E-state index >= 15 is 0 Å². The van der Waals surface area contributed by atoms with Gasteiger partial charge >= 0.3 is 0 Å². The van der Waals surface area contributed by atoms with Crippen LogP contribution in [-0.2, 0) is 26.1 Å². The quantitative estimate of drug-likeness (QED) is 0.371. The van der Waals surface area contributed by atoms with Crippen molar-refractivity contribution in [2.45, 2.75) is 56.7 Å². The van der Waals surface area contributed by atoms with Gasteiger partial charge in [0.2, 0.25) is 15.9 Å². The molecule has 3 atom stereocenters. The Labute approximate surface area is 258 Å². The number of ether oxygens (including phenoxy) is 1. The highest BCUT2D eigenvalue weighted by Crippen LogP contribution is 2.41. The Morgan fingerprint density at radius 2 is 1.98 bits per heavy atom. The van der Waals surface area contributed by atoms with Crippen LogP contribution in [0.4, 0.5) is 5.82 Å². The van der Waals surface area contributed by atoms with Gasteiger partial charge in [-0.1, -0.05) is 6.07 Å². The van der Waals surface area contributed by atoms with Crippen molar-refractivity contribution in [2.75, 3.05) is 50.5 Å². The molecule has 3 aromatic heterocycles. The molecule has 4 fully saturated rings. The highest BCUT2D eigenvalue weighted by atomic mass is 32.2. The molecule has 44 heavy (non-hydrogen) atoms. The largest absolute Gasteiger partial charge is 0.384 e. The molecule has 4 aliphatic rings. The number of rotatable bonds is 9. The van der Waals surface area contributed by atoms with Gasteiger partial charge in [0.05, 0.1) is 41.5 Å². The molecule has 0 radical (unpaired) electrons. The van der Waals surface area contributed by atoms with Crippen molar-refractivity contribution in [3.05, 3.63) is 48.3 Å². The second-order valence-electron chi connectivity index (χ2n) is 12.8. The van der Waals surface area contributed by atoms with Gasteiger partial charge in [-0.25, -0.2) is 18.4 Å². The fraction of sp³-hybridized carbons (Fsp3) is 0.562. The van der Waals surface area contributed by atoms with Crippen molar-refractivity contribution in [3.8, 4) is 11.4 Å². The first-order chi connectivity index (χ1) is 21.3. The maximum atomic E-state index is 13.2. The summed E-state index contributed by atoms with van der Waals surface area (Å²) in [6.07, 6.45) is 7.30. The fourth-order valence-corrected chi connectivity index (χ4v) is 8.91. The summed E-state index contributed by atoms with van der Waals surface area (Å²) in [7, 11) is -1.89. The highest BCUT2D eigenvalue weighted by Gasteiger charge is 2.46. The molecule has 7 rings (SSSR count). The summed E-state index contributed by atoms with van der Waals surface area (Å²) in [5.74, 6) is 1.02. The SMILES string of the molecule is COCCS(=O)(=O)N1CCC2CCC(C(=O)NCc3cc4nc(-c5cccc(N6CCNC7(CC7)C6)n5)ccc4cn3)CC21. The van der Waals surface area contributed by atoms with Crippen LogP contribution in [0.15, 0.2) is 42.6 Å². The van der Waals surface area contributed by atoms with E-state index in [1.165, 1.54) is 20.0 Å². The summed E-state index contributed by atoms with van der Waals surface area (Å²) in [4.78, 5) is 30.1.